The predicted molar refractivity (Wildman–Crippen MR) is 60.0 cm³/mol. The number of anilines is 1. The summed E-state index contributed by atoms with van der Waals surface area (Å²) in [6.07, 6.45) is 0. The van der Waals surface area contributed by atoms with Gasteiger partial charge in [0.1, 0.15) is 5.82 Å². The highest BCUT2D eigenvalue weighted by Crippen LogP contribution is 2.09. The third kappa shape index (κ3) is 2.72. The first-order chi connectivity index (χ1) is 8.16. The minimum Gasteiger partial charge on any atom is -0.376 e. The number of carbonyl (C=O) groups is 2. The Morgan fingerprint density at radius 1 is 1.53 bits per heavy atom. The Hall–Kier alpha value is -2.11. The van der Waals surface area contributed by atoms with Crippen molar-refractivity contribution < 1.29 is 14.0 Å². The van der Waals surface area contributed by atoms with Crippen LogP contribution in [0.25, 0.3) is 0 Å². The molecule has 0 aromatic heterocycles. The van der Waals surface area contributed by atoms with Crippen molar-refractivity contribution in [3.8, 4) is 0 Å². The number of urea groups is 1. The first-order valence-electron chi connectivity index (χ1n) is 5.24. The lowest BCUT2D eigenvalue weighted by molar-refractivity contribution is -0.125. The molecular formula is C11H12FN3O2. The molecule has 1 aromatic rings. The van der Waals surface area contributed by atoms with Crippen molar-refractivity contribution in [2.75, 3.05) is 25.0 Å². The summed E-state index contributed by atoms with van der Waals surface area (Å²) in [7, 11) is 0. The normalized spacial score (nSPS) is 14.6. The Balaban J connectivity index is 1.90. The fourth-order valence-electron chi connectivity index (χ4n) is 1.58. The van der Waals surface area contributed by atoms with Gasteiger partial charge in [0.2, 0.25) is 5.91 Å². The molecule has 1 aliphatic heterocycles. The van der Waals surface area contributed by atoms with Gasteiger partial charge in [0.05, 0.1) is 6.54 Å². The predicted octanol–water partition coefficient (Wildman–Crippen LogP) is 0.789. The van der Waals surface area contributed by atoms with Gasteiger partial charge in [-0.15, -0.1) is 0 Å². The number of rotatable bonds is 3. The summed E-state index contributed by atoms with van der Waals surface area (Å²) in [6, 6.07) is 5.43. The van der Waals surface area contributed by atoms with Crippen LogP contribution in [-0.4, -0.2) is 36.5 Å². The molecule has 2 N–H and O–H groups in total. The van der Waals surface area contributed by atoms with Gasteiger partial charge in [-0.2, -0.15) is 0 Å². The molecule has 17 heavy (non-hydrogen) atoms. The molecule has 1 heterocycles. The third-order valence-corrected chi connectivity index (χ3v) is 2.43. The summed E-state index contributed by atoms with van der Waals surface area (Å²) in [5.74, 6) is -0.703. The number of hydrogen-bond donors (Lipinski definition) is 2. The molecule has 0 atom stereocenters. The minimum atomic E-state index is -0.379. The van der Waals surface area contributed by atoms with E-state index in [1.54, 1.807) is 12.1 Å². The van der Waals surface area contributed by atoms with E-state index in [4.69, 9.17) is 0 Å². The van der Waals surface area contributed by atoms with E-state index in [1.807, 2.05) is 0 Å². The van der Waals surface area contributed by atoms with E-state index >= 15 is 0 Å². The van der Waals surface area contributed by atoms with E-state index in [2.05, 4.69) is 10.6 Å². The Kier molecular flexibility index (Phi) is 3.22. The minimum absolute atomic E-state index is 0.0309. The SMILES string of the molecule is O=C(CNc1cccc(F)c1)N1CCNC1=O. The van der Waals surface area contributed by atoms with E-state index in [9.17, 15) is 14.0 Å². The summed E-state index contributed by atoms with van der Waals surface area (Å²) in [6.45, 7) is 0.823. The van der Waals surface area contributed by atoms with Crippen LogP contribution in [0.1, 0.15) is 0 Å². The number of imide groups is 1. The topological polar surface area (TPSA) is 61.4 Å². The van der Waals surface area contributed by atoms with Gasteiger partial charge in [-0.1, -0.05) is 6.07 Å². The van der Waals surface area contributed by atoms with Gasteiger partial charge in [0.15, 0.2) is 0 Å². The Morgan fingerprint density at radius 3 is 3.00 bits per heavy atom. The smallest absolute Gasteiger partial charge is 0.324 e. The number of nitrogens with zero attached hydrogens (tertiary/aromatic N) is 1. The molecule has 1 saturated heterocycles. The average molecular weight is 237 g/mol. The molecule has 0 radical (unpaired) electrons. The highest BCUT2D eigenvalue weighted by molar-refractivity contribution is 5.97. The summed E-state index contributed by atoms with van der Waals surface area (Å²) in [5, 5.41) is 5.31. The molecule has 1 fully saturated rings. The number of nitrogens with one attached hydrogen (secondary N) is 2. The molecule has 0 saturated carbocycles. The van der Waals surface area contributed by atoms with E-state index in [-0.39, 0.29) is 24.3 Å². The van der Waals surface area contributed by atoms with Crippen LogP contribution >= 0.6 is 0 Å². The average Bonchev–Trinajstić information content (AvgIpc) is 2.72. The zero-order valence-corrected chi connectivity index (χ0v) is 9.07. The highest BCUT2D eigenvalue weighted by atomic mass is 19.1. The molecule has 5 nitrogen and oxygen atoms in total. The van der Waals surface area contributed by atoms with E-state index < -0.39 is 0 Å². The molecule has 6 heteroatoms. The zero-order valence-electron chi connectivity index (χ0n) is 9.07. The Morgan fingerprint density at radius 2 is 2.35 bits per heavy atom. The molecule has 0 spiro atoms. The molecule has 0 aliphatic carbocycles. The van der Waals surface area contributed by atoms with Gasteiger partial charge in [-0.3, -0.25) is 9.69 Å². The van der Waals surface area contributed by atoms with Crippen molar-refractivity contribution in [2.24, 2.45) is 0 Å². The summed E-state index contributed by atoms with van der Waals surface area (Å²) in [4.78, 5) is 23.9. The quantitative estimate of drug-likeness (QED) is 0.817. The maximum Gasteiger partial charge on any atom is 0.324 e. The maximum atomic E-state index is 12.9. The lowest BCUT2D eigenvalue weighted by Gasteiger charge is -2.13. The van der Waals surface area contributed by atoms with Crippen molar-refractivity contribution in [1.82, 2.24) is 10.2 Å². The fourth-order valence-corrected chi connectivity index (χ4v) is 1.58. The van der Waals surface area contributed by atoms with Crippen LogP contribution in [-0.2, 0) is 4.79 Å². The highest BCUT2D eigenvalue weighted by Gasteiger charge is 2.25. The lowest BCUT2D eigenvalue weighted by atomic mass is 10.3. The van der Waals surface area contributed by atoms with Crippen molar-refractivity contribution >= 4 is 17.6 Å². The number of amides is 3. The Bertz CT molecular complexity index is 450. The number of carbonyl (C=O) groups excluding carboxylic acids is 2. The van der Waals surface area contributed by atoms with Crippen LogP contribution in [0.4, 0.5) is 14.9 Å². The summed E-state index contributed by atoms with van der Waals surface area (Å²) >= 11 is 0. The van der Waals surface area contributed by atoms with Crippen molar-refractivity contribution in [2.45, 2.75) is 0 Å². The Labute approximate surface area is 97.6 Å². The second-order valence-corrected chi connectivity index (χ2v) is 3.64. The monoisotopic (exact) mass is 237 g/mol. The first-order valence-corrected chi connectivity index (χ1v) is 5.24. The second kappa shape index (κ2) is 4.82. The van der Waals surface area contributed by atoms with Crippen LogP contribution in [0, 0.1) is 5.82 Å². The van der Waals surface area contributed by atoms with Crippen LogP contribution in [0.5, 0.6) is 0 Å². The van der Waals surface area contributed by atoms with Crippen molar-refractivity contribution in [3.63, 3.8) is 0 Å². The second-order valence-electron chi connectivity index (χ2n) is 3.64. The van der Waals surface area contributed by atoms with Crippen LogP contribution in [0.15, 0.2) is 24.3 Å². The largest absolute Gasteiger partial charge is 0.376 e. The molecule has 2 rings (SSSR count). The molecule has 90 valence electrons. The van der Waals surface area contributed by atoms with Gasteiger partial charge >= 0.3 is 6.03 Å². The standard InChI is InChI=1S/C11H12FN3O2/c12-8-2-1-3-9(6-8)14-7-10(16)15-5-4-13-11(15)17/h1-3,6,14H,4-5,7H2,(H,13,17). The number of benzene rings is 1. The van der Waals surface area contributed by atoms with Crippen molar-refractivity contribution in [3.05, 3.63) is 30.1 Å². The van der Waals surface area contributed by atoms with E-state index in [0.717, 1.165) is 4.90 Å². The van der Waals surface area contributed by atoms with Gasteiger partial charge in [-0.05, 0) is 18.2 Å². The molecule has 1 aliphatic rings. The first kappa shape index (κ1) is 11.4. The number of halogens is 1. The van der Waals surface area contributed by atoms with Gasteiger partial charge in [0, 0.05) is 18.8 Å². The third-order valence-electron chi connectivity index (χ3n) is 2.43. The van der Waals surface area contributed by atoms with Gasteiger partial charge in [0.25, 0.3) is 0 Å². The van der Waals surface area contributed by atoms with Gasteiger partial charge in [-0.25, -0.2) is 9.18 Å². The van der Waals surface area contributed by atoms with Crippen LogP contribution in [0.3, 0.4) is 0 Å². The summed E-state index contributed by atoms with van der Waals surface area (Å²) < 4.78 is 12.9. The number of hydrogen-bond acceptors (Lipinski definition) is 3. The van der Waals surface area contributed by atoms with Crippen LogP contribution in [0.2, 0.25) is 0 Å². The summed E-state index contributed by atoms with van der Waals surface area (Å²) in [5.41, 5.74) is 0.512. The maximum absolute atomic E-state index is 12.9. The molecular weight excluding hydrogens is 225 g/mol. The molecule has 1 aromatic carbocycles. The van der Waals surface area contributed by atoms with Crippen LogP contribution < -0.4 is 10.6 Å². The van der Waals surface area contributed by atoms with E-state index in [0.29, 0.717) is 18.8 Å². The van der Waals surface area contributed by atoms with Gasteiger partial charge < -0.3 is 10.6 Å². The lowest BCUT2D eigenvalue weighted by Crippen LogP contribution is -2.37. The van der Waals surface area contributed by atoms with Crippen molar-refractivity contribution in [1.29, 1.82) is 0 Å². The van der Waals surface area contributed by atoms with E-state index in [1.165, 1.54) is 12.1 Å². The molecule has 3 amide bonds. The molecule has 0 unspecified atom stereocenters. The molecule has 0 bridgehead atoms. The fraction of sp³-hybridized carbons (Fsp3) is 0.273. The zero-order chi connectivity index (χ0) is 12.3.